The Bertz CT molecular complexity index is 1190. The largest absolute Gasteiger partial charge is 0.416 e. The number of morpholine rings is 1. The molecule has 0 unspecified atom stereocenters. The normalized spacial score (nSPS) is 15.9. The fourth-order valence-corrected chi connectivity index (χ4v) is 5.56. The minimum Gasteiger partial charge on any atom is -0.379 e. The van der Waals surface area contributed by atoms with Crippen molar-refractivity contribution in [3.63, 3.8) is 0 Å². The first-order valence-corrected chi connectivity index (χ1v) is 12.1. The van der Waals surface area contributed by atoms with Gasteiger partial charge in [0, 0.05) is 38.1 Å². The maximum atomic E-state index is 13.8. The third-order valence-electron chi connectivity index (χ3n) is 5.78. The second-order valence-corrected chi connectivity index (χ2v) is 9.87. The molecule has 0 radical (unpaired) electrons. The number of sulfonamides is 1. The predicted octanol–water partition coefficient (Wildman–Crippen LogP) is 4.38. The molecular formula is C24H25F3N2O3S. The Kier molecular flexibility index (Phi) is 7.04. The fourth-order valence-electron chi connectivity index (χ4n) is 3.92. The van der Waals surface area contributed by atoms with Gasteiger partial charge in [-0.05, 0) is 29.1 Å². The molecule has 0 saturated carbocycles. The predicted molar refractivity (Wildman–Crippen MR) is 120 cm³/mol. The van der Waals surface area contributed by atoms with E-state index in [9.17, 15) is 21.6 Å². The van der Waals surface area contributed by atoms with Crippen molar-refractivity contribution in [1.29, 1.82) is 0 Å². The Morgan fingerprint density at radius 2 is 1.58 bits per heavy atom. The van der Waals surface area contributed by atoms with Gasteiger partial charge < -0.3 is 4.74 Å². The summed E-state index contributed by atoms with van der Waals surface area (Å²) in [5, 5.41) is 1.42. The van der Waals surface area contributed by atoms with Crippen molar-refractivity contribution in [3.8, 4) is 0 Å². The first-order chi connectivity index (χ1) is 15.7. The zero-order chi connectivity index (χ0) is 23.5. The van der Waals surface area contributed by atoms with Crippen LogP contribution < -0.4 is 0 Å². The lowest BCUT2D eigenvalue weighted by atomic mass is 10.1. The molecule has 1 heterocycles. The van der Waals surface area contributed by atoms with E-state index < -0.39 is 21.8 Å². The molecule has 0 atom stereocenters. The second kappa shape index (κ2) is 9.80. The van der Waals surface area contributed by atoms with Crippen molar-refractivity contribution in [2.24, 2.45) is 0 Å². The highest BCUT2D eigenvalue weighted by atomic mass is 32.2. The van der Waals surface area contributed by atoms with Crippen LogP contribution in [0.15, 0.2) is 71.6 Å². The van der Waals surface area contributed by atoms with Gasteiger partial charge in [-0.3, -0.25) is 4.90 Å². The Balaban J connectivity index is 1.65. The number of nitrogens with zero attached hydrogens (tertiary/aromatic N) is 2. The van der Waals surface area contributed by atoms with Crippen LogP contribution in [-0.4, -0.2) is 57.0 Å². The number of benzene rings is 3. The van der Waals surface area contributed by atoms with E-state index in [1.54, 1.807) is 24.3 Å². The molecule has 3 aromatic rings. The van der Waals surface area contributed by atoms with Gasteiger partial charge >= 0.3 is 6.18 Å². The van der Waals surface area contributed by atoms with Crippen LogP contribution in [0.2, 0.25) is 0 Å². The second-order valence-electron chi connectivity index (χ2n) is 7.96. The number of hydrogen-bond donors (Lipinski definition) is 0. The summed E-state index contributed by atoms with van der Waals surface area (Å²) in [6.07, 6.45) is -4.44. The molecule has 0 N–H and O–H groups in total. The van der Waals surface area contributed by atoms with Crippen molar-refractivity contribution in [2.75, 3.05) is 39.4 Å². The zero-order valence-electron chi connectivity index (χ0n) is 18.0. The zero-order valence-corrected chi connectivity index (χ0v) is 18.8. The van der Waals surface area contributed by atoms with Crippen molar-refractivity contribution < 1.29 is 26.3 Å². The molecule has 176 valence electrons. The van der Waals surface area contributed by atoms with Crippen LogP contribution in [0.5, 0.6) is 0 Å². The quantitative estimate of drug-likeness (QED) is 0.506. The van der Waals surface area contributed by atoms with Crippen LogP contribution in [0.25, 0.3) is 10.8 Å². The minimum absolute atomic E-state index is 0.0198. The standard InChI is InChI=1S/C24H25F3N2O3S/c25-24(26,27)21-10-8-19(9-11-21)18-29(13-12-28-14-16-32-17-15-28)33(30,31)23-7-3-5-20-4-1-2-6-22(20)23/h1-11H,12-18H2. The van der Waals surface area contributed by atoms with Gasteiger partial charge in [0.2, 0.25) is 10.0 Å². The molecule has 9 heteroatoms. The van der Waals surface area contributed by atoms with Crippen LogP contribution in [0.3, 0.4) is 0 Å². The monoisotopic (exact) mass is 478 g/mol. The topological polar surface area (TPSA) is 49.9 Å². The summed E-state index contributed by atoms with van der Waals surface area (Å²) in [6, 6.07) is 17.0. The average molecular weight is 479 g/mol. The van der Waals surface area contributed by atoms with Crippen molar-refractivity contribution in [3.05, 3.63) is 77.9 Å². The van der Waals surface area contributed by atoms with E-state index >= 15 is 0 Å². The first kappa shape index (κ1) is 23.7. The fraction of sp³-hybridized carbons (Fsp3) is 0.333. The van der Waals surface area contributed by atoms with Crippen molar-refractivity contribution in [2.45, 2.75) is 17.6 Å². The summed E-state index contributed by atoms with van der Waals surface area (Å²) in [5.41, 5.74) is -0.267. The third kappa shape index (κ3) is 5.55. The molecule has 1 fully saturated rings. The molecule has 4 rings (SSSR count). The Hall–Kier alpha value is -2.46. The molecular weight excluding hydrogens is 453 g/mol. The summed E-state index contributed by atoms with van der Waals surface area (Å²) in [4.78, 5) is 2.32. The number of ether oxygens (including phenoxy) is 1. The molecule has 0 bridgehead atoms. The number of fused-ring (bicyclic) bond motifs is 1. The third-order valence-corrected chi connectivity index (χ3v) is 7.68. The smallest absolute Gasteiger partial charge is 0.379 e. The molecule has 0 amide bonds. The van der Waals surface area contributed by atoms with E-state index in [-0.39, 0.29) is 18.0 Å². The van der Waals surface area contributed by atoms with Crippen molar-refractivity contribution in [1.82, 2.24) is 9.21 Å². The number of rotatable bonds is 7. The Labute approximate surface area is 191 Å². The minimum atomic E-state index is -4.44. The summed E-state index contributed by atoms with van der Waals surface area (Å²) in [5.74, 6) is 0. The average Bonchev–Trinajstić information content (AvgIpc) is 2.81. The van der Waals surface area contributed by atoms with E-state index in [0.717, 1.165) is 17.5 Å². The number of halogens is 3. The number of hydrogen-bond acceptors (Lipinski definition) is 4. The summed E-state index contributed by atoms with van der Waals surface area (Å²) in [6.45, 7) is 3.31. The van der Waals surface area contributed by atoms with E-state index in [2.05, 4.69) is 4.90 Å². The van der Waals surface area contributed by atoms with Gasteiger partial charge in [0.1, 0.15) is 0 Å². The van der Waals surface area contributed by atoms with Gasteiger partial charge in [0.05, 0.1) is 23.7 Å². The lowest BCUT2D eigenvalue weighted by Crippen LogP contribution is -2.42. The van der Waals surface area contributed by atoms with E-state index in [1.165, 1.54) is 16.4 Å². The van der Waals surface area contributed by atoms with Crippen LogP contribution in [0.4, 0.5) is 13.2 Å². The molecule has 0 aromatic heterocycles. The molecule has 1 saturated heterocycles. The van der Waals surface area contributed by atoms with Gasteiger partial charge in [-0.1, -0.05) is 48.5 Å². The highest BCUT2D eigenvalue weighted by Crippen LogP contribution is 2.30. The molecule has 3 aromatic carbocycles. The van der Waals surface area contributed by atoms with Gasteiger partial charge in [-0.15, -0.1) is 0 Å². The molecule has 0 spiro atoms. The van der Waals surface area contributed by atoms with Crippen LogP contribution in [0.1, 0.15) is 11.1 Å². The lowest BCUT2D eigenvalue weighted by Gasteiger charge is -2.30. The van der Waals surface area contributed by atoms with E-state index in [0.29, 0.717) is 43.8 Å². The number of alkyl halides is 3. The maximum Gasteiger partial charge on any atom is 0.416 e. The highest BCUT2D eigenvalue weighted by Gasteiger charge is 2.31. The lowest BCUT2D eigenvalue weighted by molar-refractivity contribution is -0.137. The first-order valence-electron chi connectivity index (χ1n) is 10.7. The van der Waals surface area contributed by atoms with Crippen LogP contribution in [0, 0.1) is 0 Å². The van der Waals surface area contributed by atoms with Crippen LogP contribution in [-0.2, 0) is 27.5 Å². The molecule has 0 aliphatic carbocycles. The van der Waals surface area contributed by atoms with Crippen LogP contribution >= 0.6 is 0 Å². The van der Waals surface area contributed by atoms with Crippen molar-refractivity contribution >= 4 is 20.8 Å². The van der Waals surface area contributed by atoms with Gasteiger partial charge in [-0.2, -0.15) is 17.5 Å². The SMILES string of the molecule is O=S(=O)(c1cccc2ccccc12)N(CCN1CCOCC1)Cc1ccc(C(F)(F)F)cc1. The highest BCUT2D eigenvalue weighted by molar-refractivity contribution is 7.89. The van der Waals surface area contributed by atoms with Gasteiger partial charge in [0.25, 0.3) is 0 Å². The van der Waals surface area contributed by atoms with E-state index in [4.69, 9.17) is 4.74 Å². The maximum absolute atomic E-state index is 13.8. The molecule has 33 heavy (non-hydrogen) atoms. The summed E-state index contributed by atoms with van der Waals surface area (Å²) < 4.78 is 73.1. The molecule has 1 aliphatic rings. The molecule has 1 aliphatic heterocycles. The molecule has 5 nitrogen and oxygen atoms in total. The summed E-state index contributed by atoms with van der Waals surface area (Å²) >= 11 is 0. The summed E-state index contributed by atoms with van der Waals surface area (Å²) in [7, 11) is -3.91. The Morgan fingerprint density at radius 1 is 0.909 bits per heavy atom. The Morgan fingerprint density at radius 3 is 2.27 bits per heavy atom. The van der Waals surface area contributed by atoms with E-state index in [1.807, 2.05) is 18.2 Å². The van der Waals surface area contributed by atoms with Gasteiger partial charge in [-0.25, -0.2) is 8.42 Å². The van der Waals surface area contributed by atoms with Gasteiger partial charge in [0.15, 0.2) is 0 Å².